The smallest absolute Gasteiger partial charge is 0.371 e. The zero-order valence-electron chi connectivity index (χ0n) is 33.9. The van der Waals surface area contributed by atoms with Gasteiger partial charge in [0.15, 0.2) is 0 Å². The number of halogens is 12. The highest BCUT2D eigenvalue weighted by Crippen LogP contribution is 2.40. The molecule has 0 aliphatic carbocycles. The summed E-state index contributed by atoms with van der Waals surface area (Å²) in [6.45, 7) is 0.742. The van der Waals surface area contributed by atoms with Crippen LogP contribution in [0.3, 0.4) is 0 Å². The summed E-state index contributed by atoms with van der Waals surface area (Å²) in [5.74, 6) is 0.714. The first kappa shape index (κ1) is 49.1. The van der Waals surface area contributed by atoms with Gasteiger partial charge in [-0.1, -0.05) is 86.5 Å². The minimum absolute atomic E-state index is 0.0352. The fourth-order valence-corrected chi connectivity index (χ4v) is 9.00. The van der Waals surface area contributed by atoms with E-state index >= 15 is 0 Å². The SMILES string of the molecule is FC(F)(F)c1ccccc1C1COCC(Nc2ccc(Br)cc2Br)=N1.FC(F)(F)c1ccccc1C1COCc2nc3ccc(Br)cc3n21.O=C1COCC(c2ccccc2C(F)(F)F)N1. The number of hydrogen-bond donors (Lipinski definition) is 2. The fraction of sp³-hybridized carbons (Fsp3) is 0.267. The normalized spacial score (nSPS) is 18.8. The van der Waals surface area contributed by atoms with Crippen molar-refractivity contribution in [3.8, 4) is 0 Å². The van der Waals surface area contributed by atoms with Gasteiger partial charge in [-0.25, -0.2) is 4.98 Å². The van der Waals surface area contributed by atoms with E-state index in [0.29, 0.717) is 11.7 Å². The first-order chi connectivity index (χ1) is 31.3. The minimum atomic E-state index is -4.43. The first-order valence-corrected chi connectivity index (χ1v) is 22.1. The van der Waals surface area contributed by atoms with Crippen molar-refractivity contribution >= 4 is 76.3 Å². The van der Waals surface area contributed by atoms with Gasteiger partial charge in [0.1, 0.15) is 37.5 Å². The molecule has 9 rings (SSSR count). The monoisotopic (exact) mass is 1120 g/mol. The molecule has 0 spiro atoms. The van der Waals surface area contributed by atoms with E-state index in [1.807, 2.05) is 41.0 Å². The predicted molar refractivity (Wildman–Crippen MR) is 238 cm³/mol. The first-order valence-electron chi connectivity index (χ1n) is 19.7. The van der Waals surface area contributed by atoms with Crippen LogP contribution in [0.15, 0.2) is 128 Å². The number of nitrogens with one attached hydrogen (secondary N) is 2. The molecule has 0 bridgehead atoms. The number of morpholine rings is 1. The molecule has 3 aliphatic rings. The summed E-state index contributed by atoms with van der Waals surface area (Å²) in [6.07, 6.45) is -13.3. The lowest BCUT2D eigenvalue weighted by Gasteiger charge is -2.28. The minimum Gasteiger partial charge on any atom is -0.371 e. The van der Waals surface area contributed by atoms with Gasteiger partial charge in [0.05, 0.1) is 65.3 Å². The van der Waals surface area contributed by atoms with Crippen LogP contribution in [-0.4, -0.2) is 54.3 Å². The Labute approximate surface area is 396 Å². The Bertz CT molecular complexity index is 2730. The number of nitrogens with zero attached hydrogens (tertiary/aromatic N) is 3. The molecule has 1 saturated heterocycles. The molecule has 2 N–H and O–H groups in total. The Morgan fingerprint density at radius 3 is 1.80 bits per heavy atom. The van der Waals surface area contributed by atoms with Crippen LogP contribution in [0.25, 0.3) is 11.0 Å². The summed E-state index contributed by atoms with van der Waals surface area (Å²) in [4.78, 5) is 20.0. The molecule has 1 amide bonds. The lowest BCUT2D eigenvalue weighted by molar-refractivity contribution is -0.140. The maximum Gasteiger partial charge on any atom is 0.416 e. The van der Waals surface area contributed by atoms with Crippen molar-refractivity contribution in [3.63, 3.8) is 0 Å². The number of hydrogen-bond acceptors (Lipinski definition) is 7. The van der Waals surface area contributed by atoms with Crippen molar-refractivity contribution in [2.75, 3.05) is 38.4 Å². The molecule has 6 aromatic rings. The van der Waals surface area contributed by atoms with Crippen LogP contribution in [0.5, 0.6) is 0 Å². The number of amides is 1. The average Bonchev–Trinajstić information content (AvgIpc) is 3.65. The quantitative estimate of drug-likeness (QED) is 0.171. The summed E-state index contributed by atoms with van der Waals surface area (Å²) in [6, 6.07) is 25.4. The van der Waals surface area contributed by atoms with Gasteiger partial charge < -0.3 is 29.4 Å². The van der Waals surface area contributed by atoms with Gasteiger partial charge in [0, 0.05) is 13.4 Å². The zero-order valence-corrected chi connectivity index (χ0v) is 38.6. The molecule has 3 aliphatic heterocycles. The molecule has 21 heteroatoms. The topological polar surface area (TPSA) is 99.0 Å². The molecule has 4 heterocycles. The van der Waals surface area contributed by atoms with E-state index in [0.717, 1.165) is 48.3 Å². The van der Waals surface area contributed by atoms with Crippen LogP contribution in [-0.2, 0) is 44.1 Å². The molecule has 9 nitrogen and oxygen atoms in total. The average molecular weight is 1120 g/mol. The Hall–Kier alpha value is -4.80. The molecule has 1 aromatic heterocycles. The molecular weight excluding hydrogens is 1090 g/mol. The van der Waals surface area contributed by atoms with Crippen LogP contribution in [0.1, 0.15) is 57.3 Å². The van der Waals surface area contributed by atoms with Gasteiger partial charge in [0.2, 0.25) is 5.91 Å². The number of amidine groups is 1. The molecular formula is C45H35Br3F9N5O4. The second-order valence-electron chi connectivity index (χ2n) is 14.8. The zero-order chi connectivity index (χ0) is 47.4. The number of aliphatic imine (C=N–C) groups is 1. The van der Waals surface area contributed by atoms with Crippen LogP contribution < -0.4 is 10.6 Å². The Balaban J connectivity index is 0.000000150. The number of fused-ring (bicyclic) bond motifs is 3. The molecule has 66 heavy (non-hydrogen) atoms. The van der Waals surface area contributed by atoms with Gasteiger partial charge in [-0.2, -0.15) is 39.5 Å². The van der Waals surface area contributed by atoms with E-state index in [4.69, 9.17) is 14.2 Å². The van der Waals surface area contributed by atoms with E-state index < -0.39 is 59.3 Å². The van der Waals surface area contributed by atoms with Crippen molar-refractivity contribution in [3.05, 3.63) is 162 Å². The highest BCUT2D eigenvalue weighted by Gasteiger charge is 2.39. The number of anilines is 1. The molecule has 5 aromatic carbocycles. The second kappa shape index (κ2) is 20.6. The van der Waals surface area contributed by atoms with Crippen molar-refractivity contribution in [2.45, 2.75) is 43.3 Å². The van der Waals surface area contributed by atoms with Crippen molar-refractivity contribution in [1.82, 2.24) is 14.9 Å². The van der Waals surface area contributed by atoms with E-state index in [-0.39, 0.29) is 56.3 Å². The lowest BCUT2D eigenvalue weighted by Crippen LogP contribution is -2.40. The van der Waals surface area contributed by atoms with Gasteiger partial charge in [-0.3, -0.25) is 9.79 Å². The summed E-state index contributed by atoms with van der Waals surface area (Å²) in [5, 5.41) is 5.59. The third-order valence-electron chi connectivity index (χ3n) is 10.3. The Kier molecular flexibility index (Phi) is 15.3. The van der Waals surface area contributed by atoms with E-state index in [9.17, 15) is 44.3 Å². The highest BCUT2D eigenvalue weighted by molar-refractivity contribution is 9.11. The number of rotatable bonds is 4. The number of benzene rings is 5. The van der Waals surface area contributed by atoms with E-state index in [2.05, 4.69) is 68.4 Å². The molecule has 0 saturated carbocycles. The number of ether oxygens (including phenoxy) is 3. The molecule has 348 valence electrons. The molecule has 3 atom stereocenters. The van der Waals surface area contributed by atoms with Crippen LogP contribution in [0.4, 0.5) is 45.2 Å². The summed E-state index contributed by atoms with van der Waals surface area (Å²) in [5.41, 5.74) is 0.591. The van der Waals surface area contributed by atoms with Gasteiger partial charge in [-0.15, -0.1) is 0 Å². The number of alkyl halides is 9. The van der Waals surface area contributed by atoms with E-state index in [1.54, 1.807) is 12.1 Å². The molecule has 0 radical (unpaired) electrons. The van der Waals surface area contributed by atoms with Crippen molar-refractivity contribution in [2.24, 2.45) is 4.99 Å². The number of imidazole rings is 1. The summed E-state index contributed by atoms with van der Waals surface area (Å²) in [7, 11) is 0. The highest BCUT2D eigenvalue weighted by atomic mass is 79.9. The summed E-state index contributed by atoms with van der Waals surface area (Å²) >= 11 is 10.2. The van der Waals surface area contributed by atoms with Crippen molar-refractivity contribution < 1.29 is 58.5 Å². The number of carbonyl (C=O) groups is 1. The maximum absolute atomic E-state index is 13.4. The molecule has 3 unspecified atom stereocenters. The van der Waals surface area contributed by atoms with Crippen LogP contribution in [0, 0.1) is 0 Å². The standard InChI is InChI=1S/C17H13Br2F3N2O.C17H12BrF3N2O.C11H10F3NO2/c18-10-5-6-14(13(19)7-10)23-16-9-25-8-15(24-16)11-3-1-2-4-12(11)17(20,21)22;18-10-5-6-13-14(7-10)23-15(8-24-9-16(23)22-13)11-3-1-2-4-12(11)17(19,20)21;12-11(13,14)8-4-2-1-3-7(8)9-5-17-6-10(16)15-9/h1-7,15H,8-9H2,(H,23,24);1-7,15H,8-9H2;1-4,9H,5-6H2,(H,15,16). The third kappa shape index (κ3) is 11.8. The maximum atomic E-state index is 13.4. The van der Waals surface area contributed by atoms with Gasteiger partial charge >= 0.3 is 18.5 Å². The molecule has 1 fully saturated rings. The number of aromatic nitrogens is 2. The van der Waals surface area contributed by atoms with Crippen LogP contribution in [0.2, 0.25) is 0 Å². The predicted octanol–water partition coefficient (Wildman–Crippen LogP) is 12.6. The summed E-state index contributed by atoms with van der Waals surface area (Å²) < 4.78 is 138. The third-order valence-corrected chi connectivity index (χ3v) is 12.0. The van der Waals surface area contributed by atoms with Crippen molar-refractivity contribution in [1.29, 1.82) is 0 Å². The van der Waals surface area contributed by atoms with Gasteiger partial charge in [-0.05, 0) is 87.2 Å². The van der Waals surface area contributed by atoms with Gasteiger partial charge in [0.25, 0.3) is 0 Å². The largest absolute Gasteiger partial charge is 0.416 e. The van der Waals surface area contributed by atoms with Crippen LogP contribution >= 0.6 is 47.8 Å². The lowest BCUT2D eigenvalue weighted by atomic mass is 9.99. The van der Waals surface area contributed by atoms with E-state index in [1.165, 1.54) is 42.5 Å². The number of carbonyl (C=O) groups excluding carboxylic acids is 1. The Morgan fingerprint density at radius 2 is 1.17 bits per heavy atom. The fourth-order valence-electron chi connectivity index (χ4n) is 7.50. The Morgan fingerprint density at radius 1 is 0.621 bits per heavy atom. The second-order valence-corrected chi connectivity index (χ2v) is 17.5.